The van der Waals surface area contributed by atoms with Gasteiger partial charge in [-0.15, -0.1) is 0 Å². The van der Waals surface area contributed by atoms with Gasteiger partial charge in [-0.25, -0.2) is 4.98 Å². The summed E-state index contributed by atoms with van der Waals surface area (Å²) in [6.07, 6.45) is 0. The van der Waals surface area contributed by atoms with Crippen molar-refractivity contribution in [3.63, 3.8) is 0 Å². The van der Waals surface area contributed by atoms with E-state index >= 15 is 0 Å². The Bertz CT molecular complexity index is 599. The fraction of sp³-hybridized carbons (Fsp3) is 0.471. The number of nitrogens with zero attached hydrogens (tertiary/aromatic N) is 2. The minimum atomic E-state index is 0.191. The Morgan fingerprint density at radius 2 is 1.90 bits per heavy atom. The minimum Gasteiger partial charge on any atom is -0.356 e. The molecule has 0 aliphatic rings. The first kappa shape index (κ1) is 14.8. The summed E-state index contributed by atoms with van der Waals surface area (Å²) in [5.74, 6) is 1.02. The molecule has 1 aromatic heterocycles. The number of fused-ring (bicyclic) bond motifs is 1. The molecule has 108 valence electrons. The van der Waals surface area contributed by atoms with E-state index in [2.05, 4.69) is 70.0 Å². The van der Waals surface area contributed by atoms with Gasteiger partial charge in [-0.1, -0.05) is 45.0 Å². The van der Waals surface area contributed by atoms with Gasteiger partial charge in [0.15, 0.2) is 0 Å². The van der Waals surface area contributed by atoms with Gasteiger partial charge in [0.05, 0.1) is 5.69 Å². The third-order valence-electron chi connectivity index (χ3n) is 4.15. The molecule has 1 unspecified atom stereocenters. The average molecular weight is 271 g/mol. The zero-order valence-electron chi connectivity index (χ0n) is 13.1. The van der Waals surface area contributed by atoms with Crippen LogP contribution < -0.4 is 10.6 Å². The standard InChI is InChI=1S/C17H25N3/c1-12(17(2,3)4)20(5)16-15-9-7-6-8-13(15)10-14(11-18)19-16/h6-10,12H,11,18H2,1-5H3. The van der Waals surface area contributed by atoms with Gasteiger partial charge in [0, 0.05) is 25.0 Å². The lowest BCUT2D eigenvalue weighted by molar-refractivity contribution is 0.329. The molecule has 2 aromatic rings. The minimum absolute atomic E-state index is 0.191. The lowest BCUT2D eigenvalue weighted by Crippen LogP contribution is -2.40. The van der Waals surface area contributed by atoms with E-state index in [1.807, 2.05) is 0 Å². The predicted octanol–water partition coefficient (Wildman–Crippen LogP) is 3.56. The van der Waals surface area contributed by atoms with Gasteiger partial charge < -0.3 is 10.6 Å². The molecule has 0 aliphatic carbocycles. The molecule has 0 bridgehead atoms. The van der Waals surface area contributed by atoms with Crippen molar-refractivity contribution in [3.8, 4) is 0 Å². The molecule has 0 saturated carbocycles. The molecule has 3 nitrogen and oxygen atoms in total. The highest BCUT2D eigenvalue weighted by Gasteiger charge is 2.25. The van der Waals surface area contributed by atoms with E-state index in [4.69, 9.17) is 10.7 Å². The van der Waals surface area contributed by atoms with Gasteiger partial charge in [0.2, 0.25) is 0 Å². The van der Waals surface area contributed by atoms with E-state index in [1.54, 1.807) is 0 Å². The Labute approximate surface area is 121 Å². The number of hydrogen-bond acceptors (Lipinski definition) is 3. The van der Waals surface area contributed by atoms with E-state index < -0.39 is 0 Å². The van der Waals surface area contributed by atoms with Crippen molar-refractivity contribution < 1.29 is 0 Å². The molecule has 2 N–H and O–H groups in total. The number of pyridine rings is 1. The van der Waals surface area contributed by atoms with Crippen molar-refractivity contribution in [1.29, 1.82) is 0 Å². The van der Waals surface area contributed by atoms with Crippen molar-refractivity contribution in [2.45, 2.75) is 40.3 Å². The summed E-state index contributed by atoms with van der Waals surface area (Å²) in [7, 11) is 2.12. The van der Waals surface area contributed by atoms with E-state index in [-0.39, 0.29) is 5.41 Å². The van der Waals surface area contributed by atoms with Gasteiger partial charge >= 0.3 is 0 Å². The highest BCUT2D eigenvalue weighted by Crippen LogP contribution is 2.31. The first-order valence-corrected chi connectivity index (χ1v) is 7.16. The van der Waals surface area contributed by atoms with Crippen LogP contribution in [0.15, 0.2) is 30.3 Å². The van der Waals surface area contributed by atoms with Gasteiger partial charge in [-0.05, 0) is 23.8 Å². The number of rotatable bonds is 3. The lowest BCUT2D eigenvalue weighted by atomic mass is 9.87. The summed E-state index contributed by atoms with van der Waals surface area (Å²) in [5, 5.41) is 2.38. The third kappa shape index (κ3) is 2.78. The van der Waals surface area contributed by atoms with Crippen LogP contribution in [-0.2, 0) is 6.54 Å². The molecular weight excluding hydrogens is 246 g/mol. The lowest BCUT2D eigenvalue weighted by Gasteiger charge is -2.36. The highest BCUT2D eigenvalue weighted by molar-refractivity contribution is 5.92. The molecule has 0 amide bonds. The summed E-state index contributed by atoms with van der Waals surface area (Å²) in [5.41, 5.74) is 6.92. The maximum absolute atomic E-state index is 5.79. The molecule has 1 atom stereocenters. The smallest absolute Gasteiger partial charge is 0.136 e. The van der Waals surface area contributed by atoms with Gasteiger partial charge in [-0.3, -0.25) is 0 Å². The van der Waals surface area contributed by atoms with E-state index in [0.29, 0.717) is 12.6 Å². The number of benzene rings is 1. The average Bonchev–Trinajstić information content (AvgIpc) is 2.43. The SMILES string of the molecule is CC(N(C)c1nc(CN)cc2ccccc12)C(C)(C)C. The zero-order chi connectivity index (χ0) is 14.9. The van der Waals surface area contributed by atoms with Gasteiger partial charge in [0.1, 0.15) is 5.82 Å². The molecule has 20 heavy (non-hydrogen) atoms. The molecule has 0 radical (unpaired) electrons. The van der Waals surface area contributed by atoms with Crippen LogP contribution in [-0.4, -0.2) is 18.1 Å². The first-order chi connectivity index (χ1) is 9.34. The van der Waals surface area contributed by atoms with E-state index in [9.17, 15) is 0 Å². The van der Waals surface area contributed by atoms with E-state index in [0.717, 1.165) is 11.5 Å². The van der Waals surface area contributed by atoms with Crippen molar-refractivity contribution in [3.05, 3.63) is 36.0 Å². The first-order valence-electron chi connectivity index (χ1n) is 7.16. The second-order valence-electron chi connectivity index (χ2n) is 6.52. The summed E-state index contributed by atoms with van der Waals surface area (Å²) in [6, 6.07) is 10.8. The second-order valence-corrected chi connectivity index (χ2v) is 6.52. The Morgan fingerprint density at radius 1 is 1.25 bits per heavy atom. The molecule has 0 saturated heterocycles. The number of anilines is 1. The van der Waals surface area contributed by atoms with Crippen molar-refractivity contribution in [2.75, 3.05) is 11.9 Å². The summed E-state index contributed by atoms with van der Waals surface area (Å²) in [6.45, 7) is 9.47. The van der Waals surface area contributed by atoms with Crippen LogP contribution in [0.3, 0.4) is 0 Å². The quantitative estimate of drug-likeness (QED) is 0.928. The molecule has 1 aromatic carbocycles. The van der Waals surface area contributed by atoms with Crippen LogP contribution in [0.1, 0.15) is 33.4 Å². The fourth-order valence-corrected chi connectivity index (χ4v) is 2.37. The predicted molar refractivity (Wildman–Crippen MR) is 87.0 cm³/mol. The fourth-order valence-electron chi connectivity index (χ4n) is 2.37. The maximum Gasteiger partial charge on any atom is 0.136 e. The molecule has 0 aliphatic heterocycles. The van der Waals surface area contributed by atoms with Crippen molar-refractivity contribution in [2.24, 2.45) is 11.1 Å². The van der Waals surface area contributed by atoms with E-state index in [1.165, 1.54) is 10.8 Å². The Morgan fingerprint density at radius 3 is 2.50 bits per heavy atom. The summed E-state index contributed by atoms with van der Waals surface area (Å²) < 4.78 is 0. The van der Waals surface area contributed by atoms with Crippen LogP contribution in [0.4, 0.5) is 5.82 Å². The summed E-state index contributed by atoms with van der Waals surface area (Å²) >= 11 is 0. The van der Waals surface area contributed by atoms with Gasteiger partial charge in [0.25, 0.3) is 0 Å². The second kappa shape index (κ2) is 5.41. The number of nitrogens with two attached hydrogens (primary N) is 1. The van der Waals surface area contributed by atoms with Crippen molar-refractivity contribution in [1.82, 2.24) is 4.98 Å². The molecule has 2 rings (SSSR count). The van der Waals surface area contributed by atoms with Crippen LogP contribution in [0, 0.1) is 5.41 Å². The van der Waals surface area contributed by atoms with Crippen LogP contribution >= 0.6 is 0 Å². The highest BCUT2D eigenvalue weighted by atomic mass is 15.2. The monoisotopic (exact) mass is 271 g/mol. The molecule has 3 heteroatoms. The maximum atomic E-state index is 5.79. The van der Waals surface area contributed by atoms with Crippen LogP contribution in [0.25, 0.3) is 10.8 Å². The molecule has 0 spiro atoms. The molecule has 1 heterocycles. The van der Waals surface area contributed by atoms with Crippen LogP contribution in [0.5, 0.6) is 0 Å². The largest absolute Gasteiger partial charge is 0.356 e. The zero-order valence-corrected chi connectivity index (χ0v) is 13.1. The Hall–Kier alpha value is -1.61. The number of hydrogen-bond donors (Lipinski definition) is 1. The van der Waals surface area contributed by atoms with Crippen molar-refractivity contribution >= 4 is 16.6 Å². The third-order valence-corrected chi connectivity index (χ3v) is 4.15. The Kier molecular flexibility index (Phi) is 4.00. The topological polar surface area (TPSA) is 42.2 Å². The normalized spacial score (nSPS) is 13.5. The number of aromatic nitrogens is 1. The van der Waals surface area contributed by atoms with Crippen LogP contribution in [0.2, 0.25) is 0 Å². The summed E-state index contributed by atoms with van der Waals surface area (Å²) in [4.78, 5) is 7.02. The van der Waals surface area contributed by atoms with Gasteiger partial charge in [-0.2, -0.15) is 0 Å². The molecular formula is C17H25N3. The Balaban J connectivity index is 2.57. The molecule has 0 fully saturated rings.